The van der Waals surface area contributed by atoms with Crippen molar-refractivity contribution in [3.05, 3.63) is 57.8 Å². The molecule has 94 valence electrons. The number of thiophene rings is 1. The highest BCUT2D eigenvalue weighted by atomic mass is 32.1. The second-order valence-corrected chi connectivity index (χ2v) is 4.97. The van der Waals surface area contributed by atoms with Crippen molar-refractivity contribution in [3.8, 4) is 0 Å². The van der Waals surface area contributed by atoms with Gasteiger partial charge < -0.3 is 10.4 Å². The average molecular weight is 261 g/mol. The van der Waals surface area contributed by atoms with Crippen molar-refractivity contribution in [1.82, 2.24) is 5.32 Å². The molecule has 1 aromatic heterocycles. The summed E-state index contributed by atoms with van der Waals surface area (Å²) < 4.78 is 0. The number of carbonyl (C=O) groups excluding carboxylic acids is 1. The van der Waals surface area contributed by atoms with Crippen LogP contribution in [0, 0.1) is 6.92 Å². The van der Waals surface area contributed by atoms with Crippen LogP contribution >= 0.6 is 11.3 Å². The zero-order chi connectivity index (χ0) is 13.0. The summed E-state index contributed by atoms with van der Waals surface area (Å²) in [6, 6.07) is 11.0. The Balaban J connectivity index is 2.13. The van der Waals surface area contributed by atoms with Gasteiger partial charge in [-0.25, -0.2) is 0 Å². The predicted molar refractivity (Wildman–Crippen MR) is 72.8 cm³/mol. The van der Waals surface area contributed by atoms with Crippen LogP contribution in [0.2, 0.25) is 0 Å². The summed E-state index contributed by atoms with van der Waals surface area (Å²) in [5, 5.41) is 14.1. The molecule has 0 fully saturated rings. The number of aliphatic hydroxyl groups excluding tert-OH is 1. The summed E-state index contributed by atoms with van der Waals surface area (Å²) in [5.74, 6) is -0.134. The van der Waals surface area contributed by atoms with Crippen LogP contribution in [0.25, 0.3) is 0 Å². The van der Waals surface area contributed by atoms with Gasteiger partial charge in [0.25, 0.3) is 5.91 Å². The summed E-state index contributed by atoms with van der Waals surface area (Å²) in [6.07, 6.45) is 0. The summed E-state index contributed by atoms with van der Waals surface area (Å²) in [7, 11) is 0. The summed E-state index contributed by atoms with van der Waals surface area (Å²) in [4.78, 5) is 12.8. The topological polar surface area (TPSA) is 49.3 Å². The van der Waals surface area contributed by atoms with Gasteiger partial charge in [-0.05, 0) is 29.5 Å². The lowest BCUT2D eigenvalue weighted by molar-refractivity contribution is 0.0920. The van der Waals surface area contributed by atoms with E-state index in [9.17, 15) is 9.90 Å². The number of nitrogens with one attached hydrogen (secondary N) is 1. The van der Waals surface area contributed by atoms with E-state index in [2.05, 4.69) is 5.32 Å². The van der Waals surface area contributed by atoms with E-state index >= 15 is 0 Å². The van der Waals surface area contributed by atoms with Crippen LogP contribution in [0.5, 0.6) is 0 Å². The summed E-state index contributed by atoms with van der Waals surface area (Å²) in [6.45, 7) is 1.79. The second-order valence-electron chi connectivity index (χ2n) is 4.05. The molecule has 2 rings (SSSR count). The number of hydrogen-bond donors (Lipinski definition) is 2. The molecule has 0 aliphatic carbocycles. The highest BCUT2D eigenvalue weighted by Gasteiger charge is 2.16. The van der Waals surface area contributed by atoms with Crippen LogP contribution in [0.3, 0.4) is 0 Å². The van der Waals surface area contributed by atoms with Gasteiger partial charge in [0.1, 0.15) is 0 Å². The molecule has 1 amide bonds. The lowest BCUT2D eigenvalue weighted by Crippen LogP contribution is -2.30. The first-order valence-corrected chi connectivity index (χ1v) is 6.61. The molecule has 18 heavy (non-hydrogen) atoms. The van der Waals surface area contributed by atoms with E-state index in [0.717, 1.165) is 11.1 Å². The Morgan fingerprint density at radius 1 is 1.33 bits per heavy atom. The molecule has 3 nitrogen and oxygen atoms in total. The van der Waals surface area contributed by atoms with E-state index in [-0.39, 0.29) is 18.6 Å². The minimum absolute atomic E-state index is 0.111. The van der Waals surface area contributed by atoms with E-state index in [1.807, 2.05) is 48.7 Å². The van der Waals surface area contributed by atoms with Gasteiger partial charge in [-0.15, -0.1) is 11.3 Å². The molecule has 1 aromatic carbocycles. The fraction of sp³-hybridized carbons (Fsp3) is 0.214. The maximum Gasteiger partial charge on any atom is 0.262 e. The van der Waals surface area contributed by atoms with E-state index in [0.29, 0.717) is 4.88 Å². The van der Waals surface area contributed by atoms with Gasteiger partial charge in [-0.1, -0.05) is 30.3 Å². The second kappa shape index (κ2) is 5.80. The van der Waals surface area contributed by atoms with Crippen molar-refractivity contribution >= 4 is 17.2 Å². The highest BCUT2D eigenvalue weighted by molar-refractivity contribution is 7.12. The van der Waals surface area contributed by atoms with Gasteiger partial charge in [-0.3, -0.25) is 4.79 Å². The number of carbonyl (C=O) groups is 1. The normalized spacial score (nSPS) is 12.1. The summed E-state index contributed by atoms with van der Waals surface area (Å²) in [5.41, 5.74) is 1.87. The van der Waals surface area contributed by atoms with Gasteiger partial charge in [0.05, 0.1) is 17.5 Å². The molecule has 0 spiro atoms. The zero-order valence-electron chi connectivity index (χ0n) is 10.1. The van der Waals surface area contributed by atoms with Crippen molar-refractivity contribution in [1.29, 1.82) is 0 Å². The van der Waals surface area contributed by atoms with Gasteiger partial charge in [0.2, 0.25) is 0 Å². The Kier molecular flexibility index (Phi) is 4.12. The third-order valence-corrected chi connectivity index (χ3v) is 3.77. The molecule has 0 saturated carbocycles. The monoisotopic (exact) mass is 261 g/mol. The van der Waals surface area contributed by atoms with Gasteiger partial charge in [-0.2, -0.15) is 0 Å². The maximum absolute atomic E-state index is 12.1. The zero-order valence-corrected chi connectivity index (χ0v) is 10.9. The van der Waals surface area contributed by atoms with Crippen molar-refractivity contribution in [2.24, 2.45) is 0 Å². The van der Waals surface area contributed by atoms with Crippen molar-refractivity contribution < 1.29 is 9.90 Å². The average Bonchev–Trinajstić information content (AvgIpc) is 2.83. The third-order valence-electron chi connectivity index (χ3n) is 2.76. The quantitative estimate of drug-likeness (QED) is 0.888. The number of aliphatic hydroxyl groups is 1. The minimum atomic E-state index is -0.361. The molecule has 2 aromatic rings. The fourth-order valence-electron chi connectivity index (χ4n) is 1.75. The van der Waals surface area contributed by atoms with Crippen molar-refractivity contribution in [2.45, 2.75) is 13.0 Å². The van der Waals surface area contributed by atoms with E-state index in [1.165, 1.54) is 11.3 Å². The Bertz CT molecular complexity index is 522. The SMILES string of the molecule is Cc1ccsc1C(=O)N[C@H](CO)c1ccccc1. The molecule has 2 N–H and O–H groups in total. The number of hydrogen-bond acceptors (Lipinski definition) is 3. The maximum atomic E-state index is 12.1. The molecule has 0 saturated heterocycles. The van der Waals surface area contributed by atoms with E-state index in [4.69, 9.17) is 0 Å². The standard InChI is InChI=1S/C14H15NO2S/c1-10-7-8-18-13(10)14(17)15-12(9-16)11-5-3-2-4-6-11/h2-8,12,16H,9H2,1H3,(H,15,17)/t12-/m1/s1. The molecule has 4 heteroatoms. The third kappa shape index (κ3) is 2.78. The van der Waals surface area contributed by atoms with E-state index in [1.54, 1.807) is 0 Å². The Hall–Kier alpha value is -1.65. The molecule has 1 atom stereocenters. The number of amides is 1. The fourth-order valence-corrected chi connectivity index (χ4v) is 2.58. The first-order valence-electron chi connectivity index (χ1n) is 5.73. The molecule has 1 heterocycles. The number of rotatable bonds is 4. The van der Waals surface area contributed by atoms with Gasteiger partial charge >= 0.3 is 0 Å². The first-order chi connectivity index (χ1) is 8.72. The Labute approximate surface area is 110 Å². The van der Waals surface area contributed by atoms with Crippen molar-refractivity contribution in [3.63, 3.8) is 0 Å². The molecule has 0 aliphatic rings. The summed E-state index contributed by atoms with van der Waals surface area (Å²) >= 11 is 1.41. The van der Waals surface area contributed by atoms with E-state index < -0.39 is 0 Å². The Morgan fingerprint density at radius 2 is 2.06 bits per heavy atom. The molecular formula is C14H15NO2S. The molecule has 0 bridgehead atoms. The predicted octanol–water partition coefficient (Wildman–Crippen LogP) is 2.52. The van der Waals surface area contributed by atoms with Crippen LogP contribution < -0.4 is 5.32 Å². The molecule has 0 radical (unpaired) electrons. The molecular weight excluding hydrogens is 246 g/mol. The Morgan fingerprint density at radius 3 is 2.61 bits per heavy atom. The van der Waals surface area contributed by atoms with Crippen LogP contribution in [0.15, 0.2) is 41.8 Å². The smallest absolute Gasteiger partial charge is 0.262 e. The van der Waals surface area contributed by atoms with Crippen LogP contribution in [0.4, 0.5) is 0 Å². The molecule has 0 unspecified atom stereocenters. The lowest BCUT2D eigenvalue weighted by Gasteiger charge is -2.16. The van der Waals surface area contributed by atoms with Crippen LogP contribution in [0.1, 0.15) is 26.8 Å². The minimum Gasteiger partial charge on any atom is -0.394 e. The van der Waals surface area contributed by atoms with Crippen LogP contribution in [-0.4, -0.2) is 17.6 Å². The van der Waals surface area contributed by atoms with Gasteiger partial charge in [0.15, 0.2) is 0 Å². The largest absolute Gasteiger partial charge is 0.394 e. The van der Waals surface area contributed by atoms with Crippen molar-refractivity contribution in [2.75, 3.05) is 6.61 Å². The molecule has 0 aliphatic heterocycles. The number of benzene rings is 1. The van der Waals surface area contributed by atoms with Crippen LogP contribution in [-0.2, 0) is 0 Å². The number of aryl methyl sites for hydroxylation is 1. The first kappa shape index (κ1) is 12.8. The lowest BCUT2D eigenvalue weighted by atomic mass is 10.1. The van der Waals surface area contributed by atoms with Gasteiger partial charge in [0, 0.05) is 0 Å². The highest BCUT2D eigenvalue weighted by Crippen LogP contribution is 2.18.